The fourth-order valence-electron chi connectivity index (χ4n) is 3.94. The van der Waals surface area contributed by atoms with Gasteiger partial charge in [-0.3, -0.25) is 19.4 Å². The summed E-state index contributed by atoms with van der Waals surface area (Å²) in [5.74, 6) is -0.575. The highest BCUT2D eigenvalue weighted by atomic mass is 16.2. The topological polar surface area (TPSA) is 117 Å². The second-order valence-corrected chi connectivity index (χ2v) is 7.39. The van der Waals surface area contributed by atoms with Crippen LogP contribution in [0.5, 0.6) is 0 Å². The molecule has 3 N–H and O–H groups in total. The third-order valence-electron chi connectivity index (χ3n) is 5.43. The minimum atomic E-state index is -0.324. The van der Waals surface area contributed by atoms with Crippen LogP contribution >= 0.6 is 0 Å². The number of carbonyl (C=O) groups is 2. The molecule has 146 valence electrons. The first-order valence-electron chi connectivity index (χ1n) is 9.75. The minimum Gasteiger partial charge on any atom is -0.347 e. The third-order valence-corrected chi connectivity index (χ3v) is 5.43. The van der Waals surface area contributed by atoms with Crippen molar-refractivity contribution in [2.45, 2.75) is 57.0 Å². The minimum absolute atomic E-state index is 0.170. The Bertz CT molecular complexity index is 955. The van der Waals surface area contributed by atoms with Crippen molar-refractivity contribution in [2.24, 2.45) is 0 Å². The van der Waals surface area contributed by atoms with Crippen molar-refractivity contribution in [2.75, 3.05) is 0 Å². The van der Waals surface area contributed by atoms with Gasteiger partial charge in [-0.1, -0.05) is 0 Å². The van der Waals surface area contributed by atoms with Crippen LogP contribution in [-0.2, 0) is 12.8 Å². The number of hydrogen-bond donors (Lipinski definition) is 3. The maximum absolute atomic E-state index is 12.7. The van der Waals surface area contributed by atoms with E-state index in [9.17, 15) is 14.4 Å². The van der Waals surface area contributed by atoms with E-state index in [0.29, 0.717) is 11.3 Å². The molecule has 2 aliphatic carbocycles. The molecule has 8 heteroatoms. The molecule has 8 nitrogen and oxygen atoms in total. The first kappa shape index (κ1) is 18.3. The average Bonchev–Trinajstić information content (AvgIpc) is 3.14. The van der Waals surface area contributed by atoms with Crippen LogP contribution in [-0.4, -0.2) is 38.8 Å². The van der Waals surface area contributed by atoms with Crippen LogP contribution in [0.2, 0.25) is 0 Å². The molecule has 0 aliphatic heterocycles. The number of rotatable bonds is 4. The molecule has 1 fully saturated rings. The van der Waals surface area contributed by atoms with E-state index in [1.807, 2.05) is 0 Å². The summed E-state index contributed by atoms with van der Waals surface area (Å²) in [6.07, 6.45) is 9.42. The molecule has 0 saturated heterocycles. The maximum Gasteiger partial charge on any atom is 0.271 e. The van der Waals surface area contributed by atoms with E-state index in [1.54, 1.807) is 6.07 Å². The third kappa shape index (κ3) is 3.95. The van der Waals surface area contributed by atoms with E-state index in [2.05, 4.69) is 25.6 Å². The Balaban J connectivity index is 1.41. The summed E-state index contributed by atoms with van der Waals surface area (Å²) in [7, 11) is 0. The summed E-state index contributed by atoms with van der Waals surface area (Å²) >= 11 is 0. The fraction of sp³-hybridized carbons (Fsp3) is 0.450. The van der Waals surface area contributed by atoms with Crippen molar-refractivity contribution in [1.29, 1.82) is 0 Å². The van der Waals surface area contributed by atoms with Crippen molar-refractivity contribution in [1.82, 2.24) is 25.6 Å². The molecule has 1 saturated carbocycles. The quantitative estimate of drug-likeness (QED) is 0.734. The predicted octanol–water partition coefficient (Wildman–Crippen LogP) is 1.12. The lowest BCUT2D eigenvalue weighted by Gasteiger charge is -2.22. The molecule has 2 amide bonds. The zero-order valence-corrected chi connectivity index (χ0v) is 15.5. The van der Waals surface area contributed by atoms with Crippen LogP contribution in [0.15, 0.2) is 29.3 Å². The molecule has 0 spiro atoms. The number of nitrogens with one attached hydrogen (secondary N) is 3. The molecule has 0 radical (unpaired) electrons. The van der Waals surface area contributed by atoms with E-state index < -0.39 is 0 Å². The smallest absolute Gasteiger partial charge is 0.271 e. The fourth-order valence-corrected chi connectivity index (χ4v) is 3.94. The molecule has 0 bridgehead atoms. The maximum atomic E-state index is 12.7. The summed E-state index contributed by atoms with van der Waals surface area (Å²) in [6, 6.07) is 2.47. The Morgan fingerprint density at radius 3 is 2.46 bits per heavy atom. The molecular weight excluding hydrogens is 358 g/mol. The summed E-state index contributed by atoms with van der Waals surface area (Å²) in [6.45, 7) is 0. The lowest BCUT2D eigenvalue weighted by molar-refractivity contribution is 0.0888. The lowest BCUT2D eigenvalue weighted by atomic mass is 10.0. The number of nitrogens with zero attached hydrogens (tertiary/aromatic N) is 2. The van der Waals surface area contributed by atoms with Crippen LogP contribution < -0.4 is 16.2 Å². The van der Waals surface area contributed by atoms with E-state index in [0.717, 1.165) is 56.3 Å². The van der Waals surface area contributed by atoms with E-state index >= 15 is 0 Å². The van der Waals surface area contributed by atoms with Crippen molar-refractivity contribution in [3.05, 3.63) is 57.5 Å². The monoisotopic (exact) mass is 381 g/mol. The van der Waals surface area contributed by atoms with Gasteiger partial charge in [0.1, 0.15) is 5.69 Å². The Kier molecular flexibility index (Phi) is 5.18. The molecule has 2 aromatic rings. The van der Waals surface area contributed by atoms with Crippen LogP contribution in [0.25, 0.3) is 0 Å². The number of amides is 2. The molecule has 0 unspecified atom stereocenters. The van der Waals surface area contributed by atoms with Crippen molar-refractivity contribution < 1.29 is 9.59 Å². The number of pyridine rings is 1. The van der Waals surface area contributed by atoms with Gasteiger partial charge < -0.3 is 15.6 Å². The summed E-state index contributed by atoms with van der Waals surface area (Å²) in [5.41, 5.74) is 2.22. The second-order valence-electron chi connectivity index (χ2n) is 7.39. The molecule has 2 atom stereocenters. The number of aryl methyl sites for hydroxylation is 2. The van der Waals surface area contributed by atoms with Gasteiger partial charge in [0, 0.05) is 29.9 Å². The summed E-state index contributed by atoms with van der Waals surface area (Å²) < 4.78 is 0. The first-order valence-corrected chi connectivity index (χ1v) is 9.75. The number of carbonyl (C=O) groups excluding carboxylic acids is 2. The van der Waals surface area contributed by atoms with Gasteiger partial charge in [0.25, 0.3) is 11.8 Å². The Labute approximate surface area is 162 Å². The van der Waals surface area contributed by atoms with E-state index in [4.69, 9.17) is 0 Å². The average molecular weight is 381 g/mol. The normalized spacial score (nSPS) is 21.0. The van der Waals surface area contributed by atoms with Gasteiger partial charge in [0.15, 0.2) is 0 Å². The van der Waals surface area contributed by atoms with Crippen LogP contribution in [0.3, 0.4) is 0 Å². The highest BCUT2D eigenvalue weighted by molar-refractivity contribution is 5.94. The number of aromatic amines is 1. The van der Waals surface area contributed by atoms with Gasteiger partial charge in [-0.25, -0.2) is 4.98 Å². The van der Waals surface area contributed by atoms with Gasteiger partial charge in [-0.2, -0.15) is 0 Å². The second kappa shape index (κ2) is 7.92. The van der Waals surface area contributed by atoms with Crippen LogP contribution in [0, 0.1) is 0 Å². The van der Waals surface area contributed by atoms with Gasteiger partial charge >= 0.3 is 0 Å². The molecule has 2 heterocycles. The standard InChI is InChI=1S/C20H23N5O3/c26-18-10-12(8-9-21-18)19(27)24-15-6-3-7-16(15)25-20(28)17-11-22-13-4-1-2-5-14(13)23-17/h8-11,15-16H,1-7H2,(H,21,26)(H,24,27)(H,25,28)/t15-,16+/m0/s1. The number of H-pyrrole nitrogens is 1. The van der Waals surface area contributed by atoms with E-state index in [1.165, 1.54) is 18.5 Å². The van der Waals surface area contributed by atoms with Crippen molar-refractivity contribution >= 4 is 11.8 Å². The number of aromatic nitrogens is 3. The zero-order valence-electron chi connectivity index (χ0n) is 15.5. The van der Waals surface area contributed by atoms with Crippen LogP contribution in [0.1, 0.15) is 64.3 Å². The zero-order chi connectivity index (χ0) is 19.5. The van der Waals surface area contributed by atoms with Gasteiger partial charge in [-0.15, -0.1) is 0 Å². The molecule has 2 aliphatic rings. The van der Waals surface area contributed by atoms with E-state index in [-0.39, 0.29) is 29.5 Å². The highest BCUT2D eigenvalue weighted by Gasteiger charge is 2.31. The Morgan fingerprint density at radius 2 is 1.71 bits per heavy atom. The molecule has 28 heavy (non-hydrogen) atoms. The highest BCUT2D eigenvalue weighted by Crippen LogP contribution is 2.21. The number of hydrogen-bond acceptors (Lipinski definition) is 5. The summed E-state index contributed by atoms with van der Waals surface area (Å²) in [5, 5.41) is 5.93. The number of fused-ring (bicyclic) bond motifs is 1. The molecule has 4 rings (SSSR count). The SMILES string of the molecule is O=C(N[C@H]1CCC[C@H]1NC(=O)c1cnc2c(n1)CCCC2)c1cc[nH]c(=O)c1. The largest absolute Gasteiger partial charge is 0.347 e. The molecular formula is C20H23N5O3. The van der Waals surface area contributed by atoms with Crippen molar-refractivity contribution in [3.8, 4) is 0 Å². The molecule has 2 aromatic heterocycles. The summed E-state index contributed by atoms with van der Waals surface area (Å²) in [4.78, 5) is 47.9. The Hall–Kier alpha value is -3.03. The van der Waals surface area contributed by atoms with Gasteiger partial charge in [0.2, 0.25) is 5.56 Å². The molecule has 0 aromatic carbocycles. The van der Waals surface area contributed by atoms with Gasteiger partial charge in [-0.05, 0) is 51.0 Å². The lowest BCUT2D eigenvalue weighted by Crippen LogP contribution is -2.48. The predicted molar refractivity (Wildman–Crippen MR) is 102 cm³/mol. The Morgan fingerprint density at radius 1 is 1.00 bits per heavy atom. The first-order chi connectivity index (χ1) is 13.6. The van der Waals surface area contributed by atoms with Gasteiger partial charge in [0.05, 0.1) is 17.6 Å². The van der Waals surface area contributed by atoms with Crippen LogP contribution in [0.4, 0.5) is 0 Å². The van der Waals surface area contributed by atoms with Crippen molar-refractivity contribution in [3.63, 3.8) is 0 Å².